The van der Waals surface area contributed by atoms with Gasteiger partial charge in [-0.25, -0.2) is 0 Å². The number of hydrogen-bond acceptors (Lipinski definition) is 3. The van der Waals surface area contributed by atoms with Crippen molar-refractivity contribution in [3.63, 3.8) is 0 Å². The molecule has 0 aromatic rings. The summed E-state index contributed by atoms with van der Waals surface area (Å²) in [5, 5.41) is 3.77. The van der Waals surface area contributed by atoms with Crippen molar-refractivity contribution in [1.82, 2.24) is 10.2 Å². The first-order valence-electron chi connectivity index (χ1n) is 8.39. The van der Waals surface area contributed by atoms with Gasteiger partial charge in [-0.05, 0) is 31.7 Å². The van der Waals surface area contributed by atoms with Crippen LogP contribution >= 0.6 is 0 Å². The van der Waals surface area contributed by atoms with E-state index in [0.29, 0.717) is 6.10 Å². The molecule has 0 radical (unpaired) electrons. The predicted octanol–water partition coefficient (Wildman–Crippen LogP) is 2.66. The van der Waals surface area contributed by atoms with Gasteiger partial charge in [-0.2, -0.15) is 0 Å². The highest BCUT2D eigenvalue weighted by atomic mass is 16.5. The van der Waals surface area contributed by atoms with Gasteiger partial charge in [0.2, 0.25) is 0 Å². The lowest BCUT2D eigenvalue weighted by molar-refractivity contribution is -0.0265. The fraction of sp³-hybridized carbons (Fsp3) is 1.00. The number of ether oxygens (including phenoxy) is 1. The highest BCUT2D eigenvalue weighted by Crippen LogP contribution is 2.25. The molecule has 1 saturated heterocycles. The van der Waals surface area contributed by atoms with Crippen LogP contribution < -0.4 is 5.32 Å². The van der Waals surface area contributed by atoms with Crippen LogP contribution in [0.2, 0.25) is 0 Å². The largest absolute Gasteiger partial charge is 0.374 e. The molecule has 3 nitrogen and oxygen atoms in total. The van der Waals surface area contributed by atoms with Gasteiger partial charge in [0.25, 0.3) is 0 Å². The summed E-state index contributed by atoms with van der Waals surface area (Å²) >= 11 is 0. The molecule has 0 aromatic carbocycles. The normalized spacial score (nSPS) is 34.1. The van der Waals surface area contributed by atoms with Crippen LogP contribution in [0.1, 0.15) is 52.4 Å². The minimum Gasteiger partial charge on any atom is -0.374 e. The summed E-state index contributed by atoms with van der Waals surface area (Å²) in [5.74, 6) is 0.980. The Balaban J connectivity index is 1.67. The van der Waals surface area contributed by atoms with Crippen molar-refractivity contribution in [2.75, 3.05) is 32.8 Å². The fourth-order valence-electron chi connectivity index (χ4n) is 3.48. The molecule has 3 atom stereocenters. The molecule has 2 fully saturated rings. The van der Waals surface area contributed by atoms with Gasteiger partial charge in [-0.15, -0.1) is 0 Å². The third kappa shape index (κ3) is 5.05. The van der Waals surface area contributed by atoms with Gasteiger partial charge < -0.3 is 10.1 Å². The van der Waals surface area contributed by atoms with E-state index in [0.717, 1.165) is 44.7 Å². The molecule has 3 unspecified atom stereocenters. The van der Waals surface area contributed by atoms with Crippen LogP contribution in [-0.2, 0) is 4.74 Å². The van der Waals surface area contributed by atoms with E-state index in [1.54, 1.807) is 0 Å². The molecule has 0 spiro atoms. The minimum absolute atomic E-state index is 0.402. The maximum atomic E-state index is 5.87. The zero-order valence-electron chi connectivity index (χ0n) is 12.9. The Morgan fingerprint density at radius 2 is 2.05 bits per heavy atom. The van der Waals surface area contributed by atoms with Crippen LogP contribution in [0.25, 0.3) is 0 Å². The smallest absolute Gasteiger partial charge is 0.0826 e. The Labute approximate surface area is 119 Å². The van der Waals surface area contributed by atoms with Gasteiger partial charge in [0, 0.05) is 25.7 Å². The summed E-state index contributed by atoms with van der Waals surface area (Å²) in [7, 11) is 0. The first-order chi connectivity index (χ1) is 9.31. The third-order valence-corrected chi connectivity index (χ3v) is 4.97. The van der Waals surface area contributed by atoms with Gasteiger partial charge in [-0.1, -0.05) is 33.1 Å². The summed E-state index contributed by atoms with van der Waals surface area (Å²) in [6.45, 7) is 9.89. The van der Waals surface area contributed by atoms with E-state index >= 15 is 0 Å². The molecule has 112 valence electrons. The topological polar surface area (TPSA) is 24.5 Å². The van der Waals surface area contributed by atoms with Crippen LogP contribution in [0, 0.1) is 5.92 Å². The summed E-state index contributed by atoms with van der Waals surface area (Å²) in [6, 6.07) is 0.733. The summed E-state index contributed by atoms with van der Waals surface area (Å²) in [5.41, 5.74) is 0. The quantitative estimate of drug-likeness (QED) is 0.776. The molecule has 1 heterocycles. The number of morpholine rings is 1. The van der Waals surface area contributed by atoms with Crippen molar-refractivity contribution in [2.24, 2.45) is 5.92 Å². The number of rotatable bonds is 5. The zero-order chi connectivity index (χ0) is 13.5. The van der Waals surface area contributed by atoms with E-state index in [1.165, 1.54) is 38.5 Å². The number of nitrogens with one attached hydrogen (secondary N) is 1. The molecular formula is C16H32N2O. The van der Waals surface area contributed by atoms with Gasteiger partial charge in [0.05, 0.1) is 12.7 Å². The van der Waals surface area contributed by atoms with Crippen molar-refractivity contribution >= 4 is 0 Å². The Morgan fingerprint density at radius 3 is 2.84 bits per heavy atom. The molecule has 1 N–H and O–H groups in total. The summed E-state index contributed by atoms with van der Waals surface area (Å²) in [4.78, 5) is 2.50. The molecule has 1 aliphatic carbocycles. The van der Waals surface area contributed by atoms with Crippen molar-refractivity contribution in [2.45, 2.75) is 64.5 Å². The summed E-state index contributed by atoms with van der Waals surface area (Å²) < 4.78 is 5.87. The molecule has 0 bridgehead atoms. The molecule has 1 saturated carbocycles. The van der Waals surface area contributed by atoms with Crippen LogP contribution in [0.4, 0.5) is 0 Å². The molecule has 0 aromatic heterocycles. The second kappa shape index (κ2) is 8.23. The predicted molar refractivity (Wildman–Crippen MR) is 80.5 cm³/mol. The van der Waals surface area contributed by atoms with Gasteiger partial charge in [-0.3, -0.25) is 4.90 Å². The van der Waals surface area contributed by atoms with Crippen LogP contribution in [0.5, 0.6) is 0 Å². The Morgan fingerprint density at radius 1 is 1.16 bits per heavy atom. The molecule has 3 heteroatoms. The fourth-order valence-corrected chi connectivity index (χ4v) is 3.48. The lowest BCUT2D eigenvalue weighted by atomic mass is 9.98. The Hall–Kier alpha value is -0.120. The van der Waals surface area contributed by atoms with Gasteiger partial charge in [0.1, 0.15) is 0 Å². The average molecular weight is 268 g/mol. The number of hydrogen-bond donors (Lipinski definition) is 1. The maximum absolute atomic E-state index is 5.87. The lowest BCUT2D eigenvalue weighted by Gasteiger charge is -2.33. The van der Waals surface area contributed by atoms with Crippen molar-refractivity contribution in [3.05, 3.63) is 0 Å². The van der Waals surface area contributed by atoms with Crippen molar-refractivity contribution in [3.8, 4) is 0 Å². The average Bonchev–Trinajstić information content (AvgIpc) is 2.70. The van der Waals surface area contributed by atoms with Gasteiger partial charge in [0.15, 0.2) is 0 Å². The molecule has 2 aliphatic rings. The summed E-state index contributed by atoms with van der Waals surface area (Å²) in [6.07, 6.45) is 8.76. The lowest BCUT2D eigenvalue weighted by Crippen LogP contribution is -2.48. The van der Waals surface area contributed by atoms with Crippen molar-refractivity contribution in [1.29, 1.82) is 0 Å². The monoisotopic (exact) mass is 268 g/mol. The SMILES string of the molecule is CCC1CCCC(NCC2CN(CC)CCO2)CC1. The van der Waals surface area contributed by atoms with Crippen LogP contribution in [0.3, 0.4) is 0 Å². The molecule has 2 rings (SSSR count). The van der Waals surface area contributed by atoms with Crippen LogP contribution in [-0.4, -0.2) is 49.8 Å². The van der Waals surface area contributed by atoms with Crippen molar-refractivity contribution < 1.29 is 4.74 Å². The van der Waals surface area contributed by atoms with E-state index in [-0.39, 0.29) is 0 Å². The zero-order valence-corrected chi connectivity index (χ0v) is 12.9. The molecular weight excluding hydrogens is 236 g/mol. The first-order valence-corrected chi connectivity index (χ1v) is 8.39. The number of likely N-dealkylation sites (N-methyl/N-ethyl adjacent to an activating group) is 1. The molecule has 1 aliphatic heterocycles. The maximum Gasteiger partial charge on any atom is 0.0826 e. The van der Waals surface area contributed by atoms with E-state index in [4.69, 9.17) is 4.74 Å². The molecule has 0 amide bonds. The van der Waals surface area contributed by atoms with E-state index in [9.17, 15) is 0 Å². The van der Waals surface area contributed by atoms with Crippen LogP contribution in [0.15, 0.2) is 0 Å². The second-order valence-corrected chi connectivity index (χ2v) is 6.27. The van der Waals surface area contributed by atoms with Gasteiger partial charge >= 0.3 is 0 Å². The first kappa shape index (κ1) is 15.3. The van der Waals surface area contributed by atoms with E-state index in [1.807, 2.05) is 0 Å². The van der Waals surface area contributed by atoms with E-state index < -0.39 is 0 Å². The highest BCUT2D eigenvalue weighted by molar-refractivity contribution is 4.78. The highest BCUT2D eigenvalue weighted by Gasteiger charge is 2.22. The van der Waals surface area contributed by atoms with E-state index in [2.05, 4.69) is 24.1 Å². The Bertz CT molecular complexity index is 247. The standard InChI is InChI=1S/C16H32N2O/c1-3-14-6-5-7-15(9-8-14)17-12-16-13-18(4-2)10-11-19-16/h14-17H,3-13H2,1-2H3. The molecule has 19 heavy (non-hydrogen) atoms. The second-order valence-electron chi connectivity index (χ2n) is 6.27. The third-order valence-electron chi connectivity index (χ3n) is 4.97. The number of nitrogens with zero attached hydrogens (tertiary/aromatic N) is 1. The minimum atomic E-state index is 0.402. The Kier molecular flexibility index (Phi) is 6.62.